The molecule has 1 aliphatic rings. The number of Topliss-reactive ketones (excluding diaryl/α,β-unsaturated/α-hetero) is 1. The van der Waals surface area contributed by atoms with Crippen molar-refractivity contribution in [2.45, 2.75) is 58.5 Å². The maximum Gasteiger partial charge on any atom is 0.229 e. The van der Waals surface area contributed by atoms with Gasteiger partial charge in [-0.25, -0.2) is 0 Å². The lowest BCUT2D eigenvalue weighted by Crippen LogP contribution is -2.14. The molecule has 0 spiro atoms. The average Bonchev–Trinajstić information content (AvgIpc) is 2.85. The third-order valence-corrected chi connectivity index (χ3v) is 3.56. The van der Waals surface area contributed by atoms with E-state index in [9.17, 15) is 4.79 Å². The normalized spacial score (nSPS) is 19.1. The fraction of sp³-hybridized carbons (Fsp3) is 0.786. The Labute approximate surface area is 113 Å². The maximum atomic E-state index is 11.2. The highest BCUT2D eigenvalue weighted by Crippen LogP contribution is 2.31. The molecule has 0 radical (unpaired) electrons. The fourth-order valence-electron chi connectivity index (χ4n) is 2.46. The first-order chi connectivity index (χ1) is 9.11. The first-order valence-electron chi connectivity index (χ1n) is 7.08. The third kappa shape index (κ3) is 3.41. The molecule has 0 N–H and O–H groups in total. The highest BCUT2D eigenvalue weighted by atomic mass is 16.5. The van der Waals surface area contributed by atoms with E-state index in [4.69, 9.17) is 9.26 Å². The van der Waals surface area contributed by atoms with Gasteiger partial charge in [-0.2, -0.15) is 4.98 Å². The highest BCUT2D eigenvalue weighted by molar-refractivity contribution is 5.79. The molecule has 1 aromatic rings. The lowest BCUT2D eigenvalue weighted by molar-refractivity contribution is -0.120. The van der Waals surface area contributed by atoms with E-state index in [2.05, 4.69) is 24.0 Å². The van der Waals surface area contributed by atoms with Crippen molar-refractivity contribution in [1.29, 1.82) is 0 Å². The molecule has 0 amide bonds. The summed E-state index contributed by atoms with van der Waals surface area (Å²) in [5, 5.41) is 4.05. The van der Waals surface area contributed by atoms with Crippen LogP contribution in [0.25, 0.3) is 0 Å². The molecule has 0 aliphatic heterocycles. The van der Waals surface area contributed by atoms with E-state index >= 15 is 0 Å². The standard InChI is InChI=1S/C14H22N2O3/c1-4-18-12(9(2)3)13-15-14(19-16-13)10-5-7-11(17)8-6-10/h9-10,12H,4-8H2,1-3H3. The van der Waals surface area contributed by atoms with Crippen molar-refractivity contribution >= 4 is 5.78 Å². The molecular formula is C14H22N2O3. The first-order valence-corrected chi connectivity index (χ1v) is 7.08. The molecular weight excluding hydrogens is 244 g/mol. The Bertz CT molecular complexity index is 418. The molecule has 1 unspecified atom stereocenters. The van der Waals surface area contributed by atoms with E-state index in [0.717, 1.165) is 12.8 Å². The molecule has 1 aliphatic carbocycles. The Morgan fingerprint density at radius 3 is 2.63 bits per heavy atom. The molecule has 1 saturated carbocycles. The van der Waals surface area contributed by atoms with Crippen LogP contribution in [0.5, 0.6) is 0 Å². The number of ketones is 1. The number of rotatable bonds is 5. The van der Waals surface area contributed by atoms with Crippen molar-refractivity contribution in [2.24, 2.45) is 5.92 Å². The van der Waals surface area contributed by atoms with Crippen LogP contribution in [0.3, 0.4) is 0 Å². The summed E-state index contributed by atoms with van der Waals surface area (Å²) in [6.45, 7) is 6.75. The van der Waals surface area contributed by atoms with Gasteiger partial charge in [0.2, 0.25) is 11.7 Å². The molecule has 19 heavy (non-hydrogen) atoms. The summed E-state index contributed by atoms with van der Waals surface area (Å²) in [5.41, 5.74) is 0. The molecule has 5 heteroatoms. The summed E-state index contributed by atoms with van der Waals surface area (Å²) in [6.07, 6.45) is 2.78. The second-order valence-corrected chi connectivity index (χ2v) is 5.42. The van der Waals surface area contributed by atoms with Gasteiger partial charge in [-0.1, -0.05) is 19.0 Å². The van der Waals surface area contributed by atoms with E-state index in [1.807, 2.05) is 6.92 Å². The molecule has 1 atom stereocenters. The minimum atomic E-state index is -0.118. The summed E-state index contributed by atoms with van der Waals surface area (Å²) >= 11 is 0. The van der Waals surface area contributed by atoms with Crippen LogP contribution in [0.1, 0.15) is 70.2 Å². The Morgan fingerprint density at radius 1 is 1.37 bits per heavy atom. The van der Waals surface area contributed by atoms with Crippen molar-refractivity contribution in [1.82, 2.24) is 10.1 Å². The third-order valence-electron chi connectivity index (χ3n) is 3.56. The summed E-state index contributed by atoms with van der Waals surface area (Å²) in [7, 11) is 0. The van der Waals surface area contributed by atoms with Gasteiger partial charge in [-0.15, -0.1) is 0 Å². The Balaban J connectivity index is 2.07. The van der Waals surface area contributed by atoms with Crippen LogP contribution in [-0.4, -0.2) is 22.5 Å². The zero-order valence-corrected chi connectivity index (χ0v) is 11.9. The zero-order valence-electron chi connectivity index (χ0n) is 11.9. The fourth-order valence-corrected chi connectivity index (χ4v) is 2.46. The topological polar surface area (TPSA) is 65.2 Å². The van der Waals surface area contributed by atoms with Gasteiger partial charge in [-0.3, -0.25) is 4.79 Å². The number of aromatic nitrogens is 2. The van der Waals surface area contributed by atoms with E-state index in [0.29, 0.717) is 42.9 Å². The van der Waals surface area contributed by atoms with Gasteiger partial charge in [0, 0.05) is 25.4 Å². The molecule has 1 heterocycles. The molecule has 106 valence electrons. The van der Waals surface area contributed by atoms with Crippen molar-refractivity contribution in [3.8, 4) is 0 Å². The van der Waals surface area contributed by atoms with Crippen molar-refractivity contribution in [3.63, 3.8) is 0 Å². The monoisotopic (exact) mass is 266 g/mol. The Hall–Kier alpha value is -1.23. The van der Waals surface area contributed by atoms with Crippen LogP contribution in [0.15, 0.2) is 4.52 Å². The molecule has 1 fully saturated rings. The predicted octanol–water partition coefficient (Wildman–Crippen LogP) is 3.03. The van der Waals surface area contributed by atoms with Gasteiger partial charge in [0.05, 0.1) is 0 Å². The maximum absolute atomic E-state index is 11.2. The van der Waals surface area contributed by atoms with Crippen LogP contribution in [0.4, 0.5) is 0 Å². The van der Waals surface area contributed by atoms with E-state index < -0.39 is 0 Å². The van der Waals surface area contributed by atoms with Gasteiger partial charge >= 0.3 is 0 Å². The molecule has 0 saturated heterocycles. The lowest BCUT2D eigenvalue weighted by atomic mass is 9.88. The SMILES string of the molecule is CCOC(c1noc(C2CCC(=O)CC2)n1)C(C)C. The summed E-state index contributed by atoms with van der Waals surface area (Å²) < 4.78 is 11.0. The van der Waals surface area contributed by atoms with Crippen molar-refractivity contribution in [3.05, 3.63) is 11.7 Å². The number of hydrogen-bond acceptors (Lipinski definition) is 5. The molecule has 2 rings (SSSR count). The van der Waals surface area contributed by atoms with Crippen molar-refractivity contribution < 1.29 is 14.1 Å². The number of nitrogens with zero attached hydrogens (tertiary/aromatic N) is 2. The summed E-state index contributed by atoms with van der Waals surface area (Å²) in [5.74, 6) is 2.16. The van der Waals surface area contributed by atoms with Gasteiger partial charge < -0.3 is 9.26 Å². The number of hydrogen-bond donors (Lipinski definition) is 0. The van der Waals surface area contributed by atoms with E-state index in [1.165, 1.54) is 0 Å². The van der Waals surface area contributed by atoms with Crippen LogP contribution in [-0.2, 0) is 9.53 Å². The van der Waals surface area contributed by atoms with Crippen LogP contribution >= 0.6 is 0 Å². The van der Waals surface area contributed by atoms with Gasteiger partial charge in [-0.05, 0) is 25.7 Å². The predicted molar refractivity (Wildman–Crippen MR) is 69.7 cm³/mol. The van der Waals surface area contributed by atoms with Crippen molar-refractivity contribution in [2.75, 3.05) is 6.61 Å². The minimum absolute atomic E-state index is 0.118. The van der Waals surface area contributed by atoms with Crippen LogP contribution < -0.4 is 0 Å². The minimum Gasteiger partial charge on any atom is -0.370 e. The molecule has 0 bridgehead atoms. The van der Waals surface area contributed by atoms with Gasteiger partial charge in [0.15, 0.2) is 0 Å². The smallest absolute Gasteiger partial charge is 0.229 e. The number of ether oxygens (including phenoxy) is 1. The van der Waals surface area contributed by atoms with Gasteiger partial charge in [0.1, 0.15) is 11.9 Å². The summed E-state index contributed by atoms with van der Waals surface area (Å²) in [4.78, 5) is 15.7. The number of carbonyl (C=O) groups excluding carboxylic acids is 1. The quantitative estimate of drug-likeness (QED) is 0.819. The number of carbonyl (C=O) groups is 1. The Morgan fingerprint density at radius 2 is 2.05 bits per heavy atom. The van der Waals surface area contributed by atoms with E-state index in [-0.39, 0.29) is 12.0 Å². The summed E-state index contributed by atoms with van der Waals surface area (Å²) in [6, 6.07) is 0. The molecule has 5 nitrogen and oxygen atoms in total. The second kappa shape index (κ2) is 6.28. The average molecular weight is 266 g/mol. The highest BCUT2D eigenvalue weighted by Gasteiger charge is 2.28. The Kier molecular flexibility index (Phi) is 4.69. The largest absolute Gasteiger partial charge is 0.370 e. The molecule has 1 aromatic heterocycles. The van der Waals surface area contributed by atoms with Crippen LogP contribution in [0, 0.1) is 5.92 Å². The van der Waals surface area contributed by atoms with E-state index in [1.54, 1.807) is 0 Å². The van der Waals surface area contributed by atoms with Gasteiger partial charge in [0.25, 0.3) is 0 Å². The van der Waals surface area contributed by atoms with Crippen LogP contribution in [0.2, 0.25) is 0 Å². The molecule has 0 aromatic carbocycles. The zero-order chi connectivity index (χ0) is 13.8. The second-order valence-electron chi connectivity index (χ2n) is 5.42. The lowest BCUT2D eigenvalue weighted by Gasteiger charge is -2.17. The first kappa shape index (κ1) is 14.2.